The summed E-state index contributed by atoms with van der Waals surface area (Å²) in [6.07, 6.45) is 3.28. The predicted octanol–water partition coefficient (Wildman–Crippen LogP) is 2.01. The van der Waals surface area contributed by atoms with Gasteiger partial charge in [0.15, 0.2) is 0 Å². The first kappa shape index (κ1) is 13.6. The Morgan fingerprint density at radius 3 is 2.79 bits per heavy atom. The quantitative estimate of drug-likeness (QED) is 0.823. The van der Waals surface area contributed by atoms with Crippen molar-refractivity contribution < 1.29 is 4.79 Å². The normalized spacial score (nSPS) is 18.0. The van der Waals surface area contributed by atoms with E-state index in [2.05, 4.69) is 18.8 Å². The number of hydrogen-bond donors (Lipinski definition) is 1. The van der Waals surface area contributed by atoms with E-state index < -0.39 is 0 Å². The van der Waals surface area contributed by atoms with Crippen LogP contribution >= 0.6 is 0 Å². The molecule has 1 fully saturated rings. The Morgan fingerprint density at radius 1 is 1.42 bits per heavy atom. The average molecular weight is 256 g/mol. The summed E-state index contributed by atoms with van der Waals surface area (Å²) in [6.45, 7) is 3.38. The van der Waals surface area contributed by atoms with Gasteiger partial charge in [0.1, 0.15) is 0 Å². The van der Waals surface area contributed by atoms with Gasteiger partial charge in [0.2, 0.25) is 0 Å². The molecular formula is C16H20N2O. The van der Waals surface area contributed by atoms with Crippen molar-refractivity contribution in [1.82, 2.24) is 4.90 Å². The summed E-state index contributed by atoms with van der Waals surface area (Å²) >= 11 is 0. The van der Waals surface area contributed by atoms with E-state index in [-0.39, 0.29) is 5.91 Å². The molecule has 1 aliphatic rings. The van der Waals surface area contributed by atoms with Gasteiger partial charge >= 0.3 is 0 Å². The molecule has 0 aromatic heterocycles. The van der Waals surface area contributed by atoms with E-state index in [1.165, 1.54) is 0 Å². The zero-order chi connectivity index (χ0) is 13.7. The van der Waals surface area contributed by atoms with Gasteiger partial charge in [-0.1, -0.05) is 18.8 Å². The number of carbonyl (C=O) groups excluding carboxylic acids is 1. The number of carbonyl (C=O) groups is 1. The van der Waals surface area contributed by atoms with Crippen molar-refractivity contribution in [1.29, 1.82) is 0 Å². The van der Waals surface area contributed by atoms with E-state index in [9.17, 15) is 4.79 Å². The van der Waals surface area contributed by atoms with Crippen LogP contribution in [-0.2, 0) is 0 Å². The monoisotopic (exact) mass is 256 g/mol. The first-order valence-electron chi connectivity index (χ1n) is 6.86. The minimum Gasteiger partial charge on any atom is -0.336 e. The second-order valence-corrected chi connectivity index (χ2v) is 4.79. The molecule has 19 heavy (non-hydrogen) atoms. The SMILES string of the molecule is CCC1CCCN1C(=O)c1ccc(C#CCN)cc1. The van der Waals surface area contributed by atoms with E-state index in [0.717, 1.165) is 36.9 Å². The highest BCUT2D eigenvalue weighted by Gasteiger charge is 2.27. The highest BCUT2D eigenvalue weighted by Crippen LogP contribution is 2.22. The van der Waals surface area contributed by atoms with E-state index in [1.54, 1.807) is 0 Å². The maximum Gasteiger partial charge on any atom is 0.254 e. The fourth-order valence-electron chi connectivity index (χ4n) is 2.54. The van der Waals surface area contributed by atoms with Gasteiger partial charge in [-0.15, -0.1) is 0 Å². The fourth-order valence-corrected chi connectivity index (χ4v) is 2.54. The zero-order valence-corrected chi connectivity index (χ0v) is 11.4. The van der Waals surface area contributed by atoms with E-state index in [1.807, 2.05) is 29.2 Å². The van der Waals surface area contributed by atoms with Crippen molar-refractivity contribution in [3.05, 3.63) is 35.4 Å². The van der Waals surface area contributed by atoms with E-state index in [4.69, 9.17) is 5.73 Å². The molecule has 0 aliphatic carbocycles. The number of rotatable bonds is 2. The Labute approximate surface area is 114 Å². The molecule has 1 aliphatic heterocycles. The molecular weight excluding hydrogens is 236 g/mol. The number of likely N-dealkylation sites (tertiary alicyclic amines) is 1. The fraction of sp³-hybridized carbons (Fsp3) is 0.438. The summed E-state index contributed by atoms with van der Waals surface area (Å²) < 4.78 is 0. The topological polar surface area (TPSA) is 46.3 Å². The minimum atomic E-state index is 0.141. The van der Waals surface area contributed by atoms with Crippen molar-refractivity contribution in [2.24, 2.45) is 5.73 Å². The van der Waals surface area contributed by atoms with Gasteiger partial charge in [-0.05, 0) is 43.5 Å². The lowest BCUT2D eigenvalue weighted by molar-refractivity contribution is 0.0733. The third kappa shape index (κ3) is 3.15. The molecule has 3 nitrogen and oxygen atoms in total. The Hall–Kier alpha value is -1.79. The Balaban J connectivity index is 2.11. The molecule has 1 heterocycles. The molecule has 2 N–H and O–H groups in total. The largest absolute Gasteiger partial charge is 0.336 e. The zero-order valence-electron chi connectivity index (χ0n) is 11.4. The maximum atomic E-state index is 12.4. The molecule has 1 aromatic carbocycles. The molecule has 1 aromatic rings. The Kier molecular flexibility index (Phi) is 4.59. The lowest BCUT2D eigenvalue weighted by atomic mass is 10.1. The van der Waals surface area contributed by atoms with Crippen LogP contribution in [0.4, 0.5) is 0 Å². The summed E-state index contributed by atoms with van der Waals surface area (Å²) in [5.41, 5.74) is 6.98. The predicted molar refractivity (Wildman–Crippen MR) is 76.7 cm³/mol. The molecule has 0 bridgehead atoms. The van der Waals surface area contributed by atoms with Gasteiger partial charge < -0.3 is 10.6 Å². The van der Waals surface area contributed by atoms with Gasteiger partial charge in [-0.25, -0.2) is 0 Å². The van der Waals surface area contributed by atoms with Gasteiger partial charge in [-0.3, -0.25) is 4.79 Å². The number of benzene rings is 1. The van der Waals surface area contributed by atoms with Crippen LogP contribution < -0.4 is 5.73 Å². The summed E-state index contributed by atoms with van der Waals surface area (Å²) in [6, 6.07) is 7.88. The summed E-state index contributed by atoms with van der Waals surface area (Å²) in [5.74, 6) is 5.91. The second kappa shape index (κ2) is 6.40. The Bertz CT molecular complexity index is 496. The molecule has 1 unspecified atom stereocenters. The molecule has 0 saturated carbocycles. The van der Waals surface area contributed by atoms with Crippen LogP contribution in [0.2, 0.25) is 0 Å². The van der Waals surface area contributed by atoms with Crippen molar-refractivity contribution in [2.45, 2.75) is 32.2 Å². The van der Waals surface area contributed by atoms with Crippen LogP contribution in [-0.4, -0.2) is 29.9 Å². The molecule has 1 saturated heterocycles. The molecule has 100 valence electrons. The van der Waals surface area contributed by atoms with Gasteiger partial charge in [0, 0.05) is 23.7 Å². The van der Waals surface area contributed by atoms with Crippen LogP contribution in [0.1, 0.15) is 42.1 Å². The van der Waals surface area contributed by atoms with Crippen LogP contribution in [0, 0.1) is 11.8 Å². The molecule has 1 amide bonds. The standard InChI is InChI=1S/C16H20N2O/c1-2-15-6-4-12-18(15)16(19)14-9-7-13(8-10-14)5-3-11-17/h7-10,15H,2,4,6,11-12,17H2,1H3. The van der Waals surface area contributed by atoms with Crippen molar-refractivity contribution in [3.8, 4) is 11.8 Å². The van der Waals surface area contributed by atoms with Crippen molar-refractivity contribution >= 4 is 5.91 Å². The highest BCUT2D eigenvalue weighted by atomic mass is 16.2. The first-order chi connectivity index (χ1) is 9.26. The van der Waals surface area contributed by atoms with Crippen LogP contribution in [0.3, 0.4) is 0 Å². The van der Waals surface area contributed by atoms with E-state index >= 15 is 0 Å². The number of hydrogen-bond acceptors (Lipinski definition) is 2. The summed E-state index contributed by atoms with van der Waals surface area (Å²) in [5, 5.41) is 0. The maximum absolute atomic E-state index is 12.4. The number of nitrogens with two attached hydrogens (primary N) is 1. The minimum absolute atomic E-state index is 0.141. The third-order valence-electron chi connectivity index (χ3n) is 3.58. The second-order valence-electron chi connectivity index (χ2n) is 4.79. The van der Waals surface area contributed by atoms with Crippen LogP contribution in [0.15, 0.2) is 24.3 Å². The molecule has 0 radical (unpaired) electrons. The summed E-state index contributed by atoms with van der Waals surface area (Å²) in [4.78, 5) is 14.4. The molecule has 3 heteroatoms. The van der Waals surface area contributed by atoms with Gasteiger partial charge in [-0.2, -0.15) is 0 Å². The van der Waals surface area contributed by atoms with Crippen molar-refractivity contribution in [3.63, 3.8) is 0 Å². The first-order valence-corrected chi connectivity index (χ1v) is 6.86. The molecule has 2 rings (SSSR count). The smallest absolute Gasteiger partial charge is 0.254 e. The number of amides is 1. The molecule has 0 spiro atoms. The lowest BCUT2D eigenvalue weighted by Gasteiger charge is -2.23. The van der Waals surface area contributed by atoms with E-state index in [0.29, 0.717) is 12.6 Å². The van der Waals surface area contributed by atoms with Gasteiger partial charge in [0.25, 0.3) is 5.91 Å². The molecule has 1 atom stereocenters. The highest BCUT2D eigenvalue weighted by molar-refractivity contribution is 5.94. The van der Waals surface area contributed by atoms with Gasteiger partial charge in [0.05, 0.1) is 6.54 Å². The average Bonchev–Trinajstić information content (AvgIpc) is 2.93. The van der Waals surface area contributed by atoms with Crippen LogP contribution in [0.5, 0.6) is 0 Å². The lowest BCUT2D eigenvalue weighted by Crippen LogP contribution is -2.35. The Morgan fingerprint density at radius 2 is 2.16 bits per heavy atom. The van der Waals surface area contributed by atoms with Crippen molar-refractivity contribution in [2.75, 3.05) is 13.1 Å². The number of nitrogens with zero attached hydrogens (tertiary/aromatic N) is 1. The third-order valence-corrected chi connectivity index (χ3v) is 3.58. The summed E-state index contributed by atoms with van der Waals surface area (Å²) in [7, 11) is 0. The van der Waals surface area contributed by atoms with Crippen LogP contribution in [0.25, 0.3) is 0 Å².